The van der Waals surface area contributed by atoms with E-state index in [2.05, 4.69) is 0 Å². The molecule has 9 heteroatoms. The van der Waals surface area contributed by atoms with Gasteiger partial charge in [0.05, 0.1) is 20.7 Å². The van der Waals surface area contributed by atoms with E-state index in [1.807, 2.05) is 0 Å². The number of hydrogen-bond acceptors (Lipinski definition) is 3. The number of sulfone groups is 1. The predicted octanol–water partition coefficient (Wildman–Crippen LogP) is 2.69. The molecule has 0 aliphatic carbocycles. The van der Waals surface area contributed by atoms with Crippen LogP contribution < -0.4 is 0 Å². The standard InChI is InChI=1S/C9H7Cl2F3O3S/c10-6-2-1-5(3-7(6)11)18(16,17)4-8(15)9(12,13)14/h1-3,8,15H,4H2/t8-/m1/s1. The first-order valence-electron chi connectivity index (χ1n) is 4.46. The van der Waals surface area contributed by atoms with Crippen molar-refractivity contribution in [2.45, 2.75) is 17.2 Å². The molecular formula is C9H7Cl2F3O3S. The molecule has 0 heterocycles. The van der Waals surface area contributed by atoms with Gasteiger partial charge in [-0.05, 0) is 18.2 Å². The first-order valence-corrected chi connectivity index (χ1v) is 6.87. The van der Waals surface area contributed by atoms with E-state index in [-0.39, 0.29) is 10.0 Å². The van der Waals surface area contributed by atoms with Crippen LogP contribution in [-0.2, 0) is 9.84 Å². The molecule has 0 bridgehead atoms. The SMILES string of the molecule is O=S(=O)(C[C@@H](O)C(F)(F)F)c1ccc(Cl)c(Cl)c1. The van der Waals surface area contributed by atoms with Gasteiger partial charge in [0.15, 0.2) is 15.9 Å². The van der Waals surface area contributed by atoms with Crippen molar-refractivity contribution < 1.29 is 26.7 Å². The summed E-state index contributed by atoms with van der Waals surface area (Å²) in [6, 6.07) is 3.10. The Hall–Kier alpha value is -0.500. The van der Waals surface area contributed by atoms with E-state index in [1.165, 1.54) is 0 Å². The van der Waals surface area contributed by atoms with E-state index in [9.17, 15) is 21.6 Å². The molecule has 3 nitrogen and oxygen atoms in total. The Morgan fingerprint density at radius 3 is 2.22 bits per heavy atom. The molecule has 0 radical (unpaired) electrons. The van der Waals surface area contributed by atoms with Crippen LogP contribution in [0.1, 0.15) is 0 Å². The first kappa shape index (κ1) is 15.6. The third kappa shape index (κ3) is 3.74. The lowest BCUT2D eigenvalue weighted by Gasteiger charge is -2.14. The Morgan fingerprint density at radius 2 is 1.78 bits per heavy atom. The van der Waals surface area contributed by atoms with Crippen molar-refractivity contribution in [1.82, 2.24) is 0 Å². The summed E-state index contributed by atoms with van der Waals surface area (Å²) < 4.78 is 59.4. The van der Waals surface area contributed by atoms with E-state index in [1.54, 1.807) is 0 Å². The van der Waals surface area contributed by atoms with Gasteiger partial charge in [0.25, 0.3) is 0 Å². The average Bonchev–Trinajstić information content (AvgIpc) is 2.19. The molecule has 102 valence electrons. The van der Waals surface area contributed by atoms with Crippen LogP contribution >= 0.6 is 23.2 Å². The number of aliphatic hydroxyl groups is 1. The Kier molecular flexibility index (Phi) is 4.53. The summed E-state index contributed by atoms with van der Waals surface area (Å²) >= 11 is 11.1. The fourth-order valence-electron chi connectivity index (χ4n) is 1.07. The maximum absolute atomic E-state index is 12.1. The summed E-state index contributed by atoms with van der Waals surface area (Å²) in [5.41, 5.74) is 0. The van der Waals surface area contributed by atoms with Gasteiger partial charge in [0, 0.05) is 0 Å². The Labute approximate surface area is 111 Å². The van der Waals surface area contributed by atoms with Crippen LogP contribution in [-0.4, -0.2) is 31.6 Å². The number of rotatable bonds is 3. The van der Waals surface area contributed by atoms with Gasteiger partial charge in [-0.3, -0.25) is 0 Å². The van der Waals surface area contributed by atoms with Gasteiger partial charge in [-0.1, -0.05) is 23.2 Å². The molecule has 1 N–H and O–H groups in total. The van der Waals surface area contributed by atoms with E-state index in [4.69, 9.17) is 28.3 Å². The van der Waals surface area contributed by atoms with Crippen LogP contribution in [0.3, 0.4) is 0 Å². The zero-order chi connectivity index (χ0) is 14.1. The molecule has 0 aliphatic rings. The molecule has 18 heavy (non-hydrogen) atoms. The third-order valence-corrected chi connectivity index (χ3v) is 4.47. The highest BCUT2D eigenvalue weighted by Crippen LogP contribution is 2.27. The highest BCUT2D eigenvalue weighted by Gasteiger charge is 2.41. The maximum atomic E-state index is 12.1. The van der Waals surface area contributed by atoms with Crippen molar-refractivity contribution in [1.29, 1.82) is 0 Å². The Balaban J connectivity index is 3.04. The fourth-order valence-corrected chi connectivity index (χ4v) is 2.80. The van der Waals surface area contributed by atoms with Crippen molar-refractivity contribution in [3.8, 4) is 0 Å². The van der Waals surface area contributed by atoms with Crippen molar-refractivity contribution in [3.05, 3.63) is 28.2 Å². The van der Waals surface area contributed by atoms with Gasteiger partial charge < -0.3 is 5.11 Å². The first-order chi connectivity index (χ1) is 8.04. The van der Waals surface area contributed by atoms with Crippen LogP contribution in [0.15, 0.2) is 23.1 Å². The number of hydrogen-bond donors (Lipinski definition) is 1. The van der Waals surface area contributed by atoms with Gasteiger partial charge in [-0.15, -0.1) is 0 Å². The second-order valence-corrected chi connectivity index (χ2v) is 6.26. The summed E-state index contributed by atoms with van der Waals surface area (Å²) in [4.78, 5) is -0.430. The molecule has 0 spiro atoms. The summed E-state index contributed by atoms with van der Waals surface area (Å²) in [6.07, 6.45) is -7.94. The normalized spacial score (nSPS) is 14.6. The lowest BCUT2D eigenvalue weighted by Crippen LogP contribution is -2.35. The molecular weight excluding hydrogens is 316 g/mol. The smallest absolute Gasteiger partial charge is 0.383 e. The molecule has 1 aromatic carbocycles. The third-order valence-electron chi connectivity index (χ3n) is 2.01. The fraction of sp³-hybridized carbons (Fsp3) is 0.333. The number of aliphatic hydroxyl groups excluding tert-OH is 1. The van der Waals surface area contributed by atoms with Crippen LogP contribution in [0.5, 0.6) is 0 Å². The predicted molar refractivity (Wildman–Crippen MR) is 60.6 cm³/mol. The van der Waals surface area contributed by atoms with Crippen LogP contribution in [0.2, 0.25) is 10.0 Å². The highest BCUT2D eigenvalue weighted by atomic mass is 35.5. The molecule has 0 aromatic heterocycles. The lowest BCUT2D eigenvalue weighted by molar-refractivity contribution is -0.196. The molecule has 0 saturated heterocycles. The van der Waals surface area contributed by atoms with E-state index in [0.717, 1.165) is 18.2 Å². The van der Waals surface area contributed by atoms with Crippen molar-refractivity contribution >= 4 is 33.0 Å². The zero-order valence-corrected chi connectivity index (χ0v) is 10.9. The largest absolute Gasteiger partial charge is 0.415 e. The Morgan fingerprint density at radius 1 is 1.22 bits per heavy atom. The zero-order valence-electron chi connectivity index (χ0n) is 8.58. The highest BCUT2D eigenvalue weighted by molar-refractivity contribution is 7.91. The van der Waals surface area contributed by atoms with Crippen molar-refractivity contribution in [2.24, 2.45) is 0 Å². The Bertz CT molecular complexity index is 542. The van der Waals surface area contributed by atoms with E-state index < -0.39 is 32.8 Å². The minimum absolute atomic E-state index is 0.0759. The topological polar surface area (TPSA) is 54.4 Å². The second-order valence-electron chi connectivity index (χ2n) is 3.41. The van der Waals surface area contributed by atoms with Gasteiger partial charge in [-0.2, -0.15) is 13.2 Å². The minimum atomic E-state index is -5.00. The molecule has 0 fully saturated rings. The van der Waals surface area contributed by atoms with Gasteiger partial charge >= 0.3 is 6.18 Å². The summed E-state index contributed by atoms with van der Waals surface area (Å²) in [7, 11) is -4.30. The van der Waals surface area contributed by atoms with Crippen LogP contribution in [0.25, 0.3) is 0 Å². The van der Waals surface area contributed by atoms with Gasteiger partial charge in [0.2, 0.25) is 0 Å². The van der Waals surface area contributed by atoms with Crippen molar-refractivity contribution in [3.63, 3.8) is 0 Å². The van der Waals surface area contributed by atoms with Gasteiger partial charge in [-0.25, -0.2) is 8.42 Å². The van der Waals surface area contributed by atoms with Crippen molar-refractivity contribution in [2.75, 3.05) is 5.75 Å². The molecule has 0 saturated carbocycles. The van der Waals surface area contributed by atoms with E-state index in [0.29, 0.717) is 0 Å². The molecule has 0 unspecified atom stereocenters. The molecule has 0 amide bonds. The number of benzene rings is 1. The van der Waals surface area contributed by atoms with Gasteiger partial charge in [0.1, 0.15) is 0 Å². The second kappa shape index (κ2) is 5.24. The van der Waals surface area contributed by atoms with Crippen LogP contribution in [0.4, 0.5) is 13.2 Å². The summed E-state index contributed by atoms with van der Waals surface area (Å²) in [5.74, 6) is -1.46. The number of halogens is 5. The summed E-state index contributed by atoms with van der Waals surface area (Å²) in [6.45, 7) is 0. The van der Waals surface area contributed by atoms with E-state index >= 15 is 0 Å². The minimum Gasteiger partial charge on any atom is -0.383 e. The summed E-state index contributed by atoms with van der Waals surface area (Å²) in [5, 5.41) is 8.72. The average molecular weight is 323 g/mol. The quantitative estimate of drug-likeness (QED) is 0.930. The monoisotopic (exact) mass is 322 g/mol. The lowest BCUT2D eigenvalue weighted by atomic mass is 10.4. The molecule has 0 aliphatic heterocycles. The van der Waals surface area contributed by atoms with Crippen LogP contribution in [0, 0.1) is 0 Å². The number of alkyl halides is 3. The molecule has 1 aromatic rings. The maximum Gasteiger partial charge on any atom is 0.415 e. The molecule has 1 atom stereocenters. The molecule has 1 rings (SSSR count).